The molecular weight excluding hydrogens is 240 g/mol. The molecule has 3 rings (SSSR count). The van der Waals surface area contributed by atoms with Gasteiger partial charge in [-0.05, 0) is 24.5 Å². The van der Waals surface area contributed by atoms with Crippen molar-refractivity contribution in [1.29, 1.82) is 0 Å². The molecule has 1 aliphatic heterocycles. The van der Waals surface area contributed by atoms with Gasteiger partial charge in [0.25, 0.3) is 0 Å². The molecule has 0 radical (unpaired) electrons. The van der Waals surface area contributed by atoms with Crippen molar-refractivity contribution < 1.29 is 4.79 Å². The van der Waals surface area contributed by atoms with Gasteiger partial charge in [-0.1, -0.05) is 6.92 Å². The van der Waals surface area contributed by atoms with E-state index in [0.29, 0.717) is 23.4 Å². The summed E-state index contributed by atoms with van der Waals surface area (Å²) >= 11 is 0. The lowest BCUT2D eigenvalue weighted by Gasteiger charge is -2.35. The molecule has 1 aromatic heterocycles. The smallest absolute Gasteiger partial charge is 0.226 e. The van der Waals surface area contributed by atoms with Gasteiger partial charge in [0.15, 0.2) is 0 Å². The summed E-state index contributed by atoms with van der Waals surface area (Å²) in [6.07, 6.45) is 2.75. The SMILES string of the molecule is CC1CC1C(=O)N1CCN(c2ccc(N)cn2)CC1. The average molecular weight is 260 g/mol. The zero-order chi connectivity index (χ0) is 13.4. The van der Waals surface area contributed by atoms with Crippen LogP contribution in [0, 0.1) is 11.8 Å². The highest BCUT2D eigenvalue weighted by molar-refractivity contribution is 5.81. The minimum Gasteiger partial charge on any atom is -0.397 e. The summed E-state index contributed by atoms with van der Waals surface area (Å²) in [6.45, 7) is 5.45. The number of carbonyl (C=O) groups excluding carboxylic acids is 1. The van der Waals surface area contributed by atoms with Crippen molar-refractivity contribution in [1.82, 2.24) is 9.88 Å². The van der Waals surface area contributed by atoms with Crippen LogP contribution >= 0.6 is 0 Å². The summed E-state index contributed by atoms with van der Waals surface area (Å²) in [5.41, 5.74) is 6.32. The van der Waals surface area contributed by atoms with Gasteiger partial charge in [0.1, 0.15) is 5.82 Å². The maximum atomic E-state index is 12.1. The van der Waals surface area contributed by atoms with E-state index >= 15 is 0 Å². The number of nitrogens with two attached hydrogens (primary N) is 1. The van der Waals surface area contributed by atoms with Crippen molar-refractivity contribution in [2.45, 2.75) is 13.3 Å². The van der Waals surface area contributed by atoms with Crippen molar-refractivity contribution in [3.63, 3.8) is 0 Å². The molecule has 1 aromatic rings. The highest BCUT2D eigenvalue weighted by Gasteiger charge is 2.41. The van der Waals surface area contributed by atoms with E-state index in [-0.39, 0.29) is 0 Å². The Morgan fingerprint density at radius 2 is 2.00 bits per heavy atom. The number of anilines is 2. The number of nitrogens with zero attached hydrogens (tertiary/aromatic N) is 3. The third kappa shape index (κ3) is 2.50. The molecular formula is C14H20N4O. The fourth-order valence-corrected chi connectivity index (χ4v) is 2.64. The number of nitrogen functional groups attached to an aromatic ring is 1. The zero-order valence-electron chi connectivity index (χ0n) is 11.2. The number of rotatable bonds is 2. The van der Waals surface area contributed by atoms with Crippen LogP contribution in [0.2, 0.25) is 0 Å². The van der Waals surface area contributed by atoms with Crippen molar-refractivity contribution in [3.8, 4) is 0 Å². The van der Waals surface area contributed by atoms with Crippen LogP contribution in [0.5, 0.6) is 0 Å². The van der Waals surface area contributed by atoms with Crippen molar-refractivity contribution in [2.75, 3.05) is 36.8 Å². The molecule has 2 atom stereocenters. The van der Waals surface area contributed by atoms with E-state index in [2.05, 4.69) is 16.8 Å². The Balaban J connectivity index is 1.57. The molecule has 102 valence electrons. The monoisotopic (exact) mass is 260 g/mol. The first-order valence-electron chi connectivity index (χ1n) is 6.90. The summed E-state index contributed by atoms with van der Waals surface area (Å²) in [4.78, 5) is 20.7. The van der Waals surface area contributed by atoms with Crippen LogP contribution in [0.1, 0.15) is 13.3 Å². The van der Waals surface area contributed by atoms with Gasteiger partial charge in [-0.2, -0.15) is 0 Å². The Bertz CT molecular complexity index is 465. The first kappa shape index (κ1) is 12.3. The van der Waals surface area contributed by atoms with E-state index in [1.165, 1.54) is 0 Å². The lowest BCUT2D eigenvalue weighted by atomic mass is 10.2. The maximum Gasteiger partial charge on any atom is 0.226 e. The molecule has 5 nitrogen and oxygen atoms in total. The van der Waals surface area contributed by atoms with E-state index in [0.717, 1.165) is 38.4 Å². The fraction of sp³-hybridized carbons (Fsp3) is 0.571. The lowest BCUT2D eigenvalue weighted by molar-refractivity contribution is -0.133. The second kappa shape index (κ2) is 4.72. The Hall–Kier alpha value is -1.78. The average Bonchev–Trinajstić information content (AvgIpc) is 3.16. The summed E-state index contributed by atoms with van der Waals surface area (Å²) in [5.74, 6) is 2.17. The van der Waals surface area contributed by atoms with Crippen LogP contribution in [-0.2, 0) is 4.79 Å². The largest absolute Gasteiger partial charge is 0.397 e. The Morgan fingerprint density at radius 1 is 1.32 bits per heavy atom. The van der Waals surface area contributed by atoms with Crippen LogP contribution < -0.4 is 10.6 Å². The molecule has 0 aromatic carbocycles. The Labute approximate surface area is 113 Å². The van der Waals surface area contributed by atoms with E-state index in [1.807, 2.05) is 17.0 Å². The summed E-state index contributed by atoms with van der Waals surface area (Å²) < 4.78 is 0. The quantitative estimate of drug-likeness (QED) is 0.860. The van der Waals surface area contributed by atoms with Gasteiger partial charge < -0.3 is 15.5 Å². The van der Waals surface area contributed by atoms with Gasteiger partial charge in [-0.25, -0.2) is 4.98 Å². The van der Waals surface area contributed by atoms with Gasteiger partial charge >= 0.3 is 0 Å². The number of hydrogen-bond acceptors (Lipinski definition) is 4. The highest BCUT2D eigenvalue weighted by atomic mass is 16.2. The second-order valence-corrected chi connectivity index (χ2v) is 5.58. The number of pyridine rings is 1. The van der Waals surface area contributed by atoms with Crippen molar-refractivity contribution >= 4 is 17.4 Å². The second-order valence-electron chi connectivity index (χ2n) is 5.58. The third-order valence-corrected chi connectivity index (χ3v) is 4.11. The van der Waals surface area contributed by atoms with Crippen LogP contribution in [0.3, 0.4) is 0 Å². The van der Waals surface area contributed by atoms with E-state index in [9.17, 15) is 4.79 Å². The minimum atomic E-state index is 0.293. The molecule has 2 heterocycles. The number of aromatic nitrogens is 1. The van der Waals surface area contributed by atoms with Crippen LogP contribution in [-0.4, -0.2) is 42.0 Å². The number of carbonyl (C=O) groups is 1. The molecule has 1 saturated heterocycles. The molecule has 2 N–H and O–H groups in total. The minimum absolute atomic E-state index is 0.293. The van der Waals surface area contributed by atoms with E-state index < -0.39 is 0 Å². The molecule has 2 unspecified atom stereocenters. The number of amides is 1. The Morgan fingerprint density at radius 3 is 2.53 bits per heavy atom. The normalized spacial score (nSPS) is 26.4. The zero-order valence-corrected chi connectivity index (χ0v) is 11.2. The Kier molecular flexibility index (Phi) is 3.05. The maximum absolute atomic E-state index is 12.1. The van der Waals surface area contributed by atoms with Crippen molar-refractivity contribution in [2.24, 2.45) is 11.8 Å². The molecule has 1 amide bonds. The van der Waals surface area contributed by atoms with Crippen LogP contribution in [0.4, 0.5) is 11.5 Å². The van der Waals surface area contributed by atoms with E-state index in [4.69, 9.17) is 5.73 Å². The number of hydrogen-bond donors (Lipinski definition) is 1. The first-order chi connectivity index (χ1) is 9.15. The molecule has 19 heavy (non-hydrogen) atoms. The van der Waals surface area contributed by atoms with Gasteiger partial charge in [-0.15, -0.1) is 0 Å². The van der Waals surface area contributed by atoms with Gasteiger partial charge in [0, 0.05) is 32.1 Å². The van der Waals surface area contributed by atoms with Crippen LogP contribution in [0.15, 0.2) is 18.3 Å². The van der Waals surface area contributed by atoms with Crippen molar-refractivity contribution in [3.05, 3.63) is 18.3 Å². The first-order valence-corrected chi connectivity index (χ1v) is 6.90. The predicted octanol–water partition coefficient (Wildman–Crippen LogP) is 0.968. The van der Waals surface area contributed by atoms with Gasteiger partial charge in [0.05, 0.1) is 11.9 Å². The van der Waals surface area contributed by atoms with Gasteiger partial charge in [-0.3, -0.25) is 4.79 Å². The number of piperazine rings is 1. The molecule has 2 aliphatic rings. The molecule has 0 spiro atoms. The summed E-state index contributed by atoms with van der Waals surface area (Å²) in [5, 5.41) is 0. The third-order valence-electron chi connectivity index (χ3n) is 4.11. The van der Waals surface area contributed by atoms with Gasteiger partial charge in [0.2, 0.25) is 5.91 Å². The predicted molar refractivity (Wildman–Crippen MR) is 74.7 cm³/mol. The molecule has 1 aliphatic carbocycles. The summed E-state index contributed by atoms with van der Waals surface area (Å²) in [7, 11) is 0. The standard InChI is InChI=1S/C14H20N4O/c1-10-8-12(10)14(19)18-6-4-17(5-7-18)13-3-2-11(15)9-16-13/h2-3,9-10,12H,4-8,15H2,1H3. The molecule has 0 bridgehead atoms. The fourth-order valence-electron chi connectivity index (χ4n) is 2.64. The molecule has 1 saturated carbocycles. The summed E-state index contributed by atoms with van der Waals surface area (Å²) in [6, 6.07) is 3.81. The highest BCUT2D eigenvalue weighted by Crippen LogP contribution is 2.39. The van der Waals surface area contributed by atoms with E-state index in [1.54, 1.807) is 6.20 Å². The molecule has 2 fully saturated rings. The lowest BCUT2D eigenvalue weighted by Crippen LogP contribution is -2.49. The molecule has 5 heteroatoms. The topological polar surface area (TPSA) is 62.5 Å². The van der Waals surface area contributed by atoms with Crippen LogP contribution in [0.25, 0.3) is 0 Å².